The van der Waals surface area contributed by atoms with E-state index in [-0.39, 0.29) is 24.1 Å². The maximum absolute atomic E-state index is 13.0. The minimum absolute atomic E-state index is 0.0996. The fourth-order valence-corrected chi connectivity index (χ4v) is 5.85. The monoisotopic (exact) mass is 396 g/mol. The van der Waals surface area contributed by atoms with E-state index in [1.807, 2.05) is 12.1 Å². The molecule has 0 spiro atoms. The lowest BCUT2D eigenvalue weighted by Gasteiger charge is -2.44. The van der Waals surface area contributed by atoms with Gasteiger partial charge in [-0.3, -0.25) is 24.6 Å². The van der Waals surface area contributed by atoms with Gasteiger partial charge < -0.3 is 10.6 Å². The number of benzene rings is 1. The van der Waals surface area contributed by atoms with E-state index in [1.54, 1.807) is 4.90 Å². The van der Waals surface area contributed by atoms with Crippen LogP contribution in [0.25, 0.3) is 0 Å². The summed E-state index contributed by atoms with van der Waals surface area (Å²) in [4.78, 5) is 40.7. The first-order valence-electron chi connectivity index (χ1n) is 10.7. The average Bonchev–Trinajstić information content (AvgIpc) is 3.12. The van der Waals surface area contributed by atoms with Crippen LogP contribution in [0.15, 0.2) is 18.2 Å². The maximum atomic E-state index is 13.0. The third-order valence-corrected chi connectivity index (χ3v) is 7.51. The van der Waals surface area contributed by atoms with Crippen LogP contribution in [0.3, 0.4) is 0 Å². The average molecular weight is 396 g/mol. The third-order valence-electron chi connectivity index (χ3n) is 7.51. The highest BCUT2D eigenvalue weighted by Crippen LogP contribution is 2.54. The Morgan fingerprint density at radius 1 is 1.21 bits per heavy atom. The molecular formula is C22H28N4O3. The van der Waals surface area contributed by atoms with E-state index in [4.69, 9.17) is 5.73 Å². The second-order valence-corrected chi connectivity index (χ2v) is 9.20. The van der Waals surface area contributed by atoms with Crippen molar-refractivity contribution in [1.29, 1.82) is 0 Å². The van der Waals surface area contributed by atoms with Gasteiger partial charge in [0.05, 0.1) is 0 Å². The Labute approximate surface area is 170 Å². The van der Waals surface area contributed by atoms with Gasteiger partial charge in [0.25, 0.3) is 5.91 Å². The van der Waals surface area contributed by atoms with E-state index in [2.05, 4.69) is 16.3 Å². The highest BCUT2D eigenvalue weighted by atomic mass is 16.2. The van der Waals surface area contributed by atoms with Gasteiger partial charge in [0, 0.05) is 38.2 Å². The summed E-state index contributed by atoms with van der Waals surface area (Å²) in [6.45, 7) is 4.26. The lowest BCUT2D eigenvalue weighted by molar-refractivity contribution is -0.136. The van der Waals surface area contributed by atoms with Crippen LogP contribution >= 0.6 is 0 Å². The van der Waals surface area contributed by atoms with E-state index >= 15 is 0 Å². The molecule has 1 aromatic carbocycles. The van der Waals surface area contributed by atoms with Crippen LogP contribution < -0.4 is 11.1 Å². The molecule has 7 heteroatoms. The number of imide groups is 1. The molecule has 0 radical (unpaired) electrons. The van der Waals surface area contributed by atoms with Crippen molar-refractivity contribution < 1.29 is 14.4 Å². The van der Waals surface area contributed by atoms with E-state index in [0.717, 1.165) is 49.6 Å². The first-order chi connectivity index (χ1) is 14.0. The molecule has 5 rings (SSSR count). The van der Waals surface area contributed by atoms with Crippen LogP contribution in [0, 0.1) is 11.3 Å². The van der Waals surface area contributed by atoms with Crippen molar-refractivity contribution in [1.82, 2.24) is 15.1 Å². The summed E-state index contributed by atoms with van der Waals surface area (Å²) in [5.41, 5.74) is 9.08. The Balaban J connectivity index is 1.29. The van der Waals surface area contributed by atoms with Gasteiger partial charge in [-0.15, -0.1) is 0 Å². The second-order valence-electron chi connectivity index (χ2n) is 9.20. The van der Waals surface area contributed by atoms with E-state index in [1.165, 1.54) is 12.8 Å². The van der Waals surface area contributed by atoms with Gasteiger partial charge in [0.2, 0.25) is 11.8 Å². The van der Waals surface area contributed by atoms with Crippen molar-refractivity contribution in [3.8, 4) is 0 Å². The van der Waals surface area contributed by atoms with Crippen LogP contribution in [-0.2, 0) is 22.7 Å². The van der Waals surface area contributed by atoms with Gasteiger partial charge >= 0.3 is 0 Å². The minimum atomic E-state index is -0.554. The molecule has 2 saturated heterocycles. The normalized spacial score (nSPS) is 31.5. The summed E-state index contributed by atoms with van der Waals surface area (Å²) in [5, 5.41) is 2.35. The summed E-state index contributed by atoms with van der Waals surface area (Å²) in [7, 11) is 0. The quantitative estimate of drug-likeness (QED) is 0.724. The summed E-state index contributed by atoms with van der Waals surface area (Å²) < 4.78 is 0. The molecule has 1 aliphatic carbocycles. The number of hydrogen-bond acceptors (Lipinski definition) is 5. The van der Waals surface area contributed by atoms with Crippen molar-refractivity contribution in [3.63, 3.8) is 0 Å². The maximum Gasteiger partial charge on any atom is 0.255 e. The molecule has 3 N–H and O–H groups in total. The smallest absolute Gasteiger partial charge is 0.255 e. The number of fused-ring (bicyclic) bond motifs is 2. The predicted octanol–water partition coefficient (Wildman–Crippen LogP) is 1.01. The first-order valence-corrected chi connectivity index (χ1v) is 10.7. The van der Waals surface area contributed by atoms with Crippen molar-refractivity contribution >= 4 is 17.7 Å². The van der Waals surface area contributed by atoms with Crippen molar-refractivity contribution in [2.45, 2.75) is 51.2 Å². The highest BCUT2D eigenvalue weighted by Gasteiger charge is 2.51. The fourth-order valence-electron chi connectivity index (χ4n) is 5.85. The number of carbonyl (C=O) groups excluding carboxylic acids is 3. The zero-order valence-electron chi connectivity index (χ0n) is 16.7. The Hall–Kier alpha value is -2.25. The lowest BCUT2D eigenvalue weighted by Crippen LogP contribution is -2.52. The summed E-state index contributed by atoms with van der Waals surface area (Å²) in [6, 6.07) is 5.57. The largest absolute Gasteiger partial charge is 0.330 e. The molecule has 7 nitrogen and oxygen atoms in total. The molecule has 1 saturated carbocycles. The van der Waals surface area contributed by atoms with Gasteiger partial charge in [0.15, 0.2) is 0 Å². The minimum Gasteiger partial charge on any atom is -0.330 e. The van der Waals surface area contributed by atoms with Crippen molar-refractivity contribution in [2.75, 3.05) is 19.6 Å². The van der Waals surface area contributed by atoms with Gasteiger partial charge in [-0.25, -0.2) is 0 Å². The summed E-state index contributed by atoms with van der Waals surface area (Å²) in [5.74, 6) is 0.0487. The van der Waals surface area contributed by atoms with Crippen LogP contribution in [0.2, 0.25) is 0 Å². The molecule has 154 valence electrons. The number of likely N-dealkylation sites (tertiary alicyclic amines) is 1. The number of amides is 3. The van der Waals surface area contributed by atoms with Crippen LogP contribution in [0.1, 0.15) is 53.6 Å². The Morgan fingerprint density at radius 2 is 2.07 bits per heavy atom. The lowest BCUT2D eigenvalue weighted by atomic mass is 9.60. The molecule has 3 amide bonds. The van der Waals surface area contributed by atoms with E-state index in [0.29, 0.717) is 23.9 Å². The Bertz CT molecular complexity index is 885. The molecule has 3 heterocycles. The Morgan fingerprint density at radius 3 is 2.79 bits per heavy atom. The number of nitrogens with one attached hydrogen (secondary N) is 1. The molecule has 3 fully saturated rings. The van der Waals surface area contributed by atoms with Gasteiger partial charge in [-0.1, -0.05) is 12.1 Å². The number of nitrogens with zero attached hydrogens (tertiary/aromatic N) is 2. The number of hydrogen-bond donors (Lipinski definition) is 2. The third kappa shape index (κ3) is 3.07. The number of piperidine rings is 1. The zero-order chi connectivity index (χ0) is 20.2. The van der Waals surface area contributed by atoms with Crippen molar-refractivity contribution in [2.24, 2.45) is 17.1 Å². The molecule has 3 aliphatic heterocycles. The van der Waals surface area contributed by atoms with Crippen LogP contribution in [0.4, 0.5) is 0 Å². The van der Waals surface area contributed by atoms with E-state index in [9.17, 15) is 14.4 Å². The second kappa shape index (κ2) is 6.92. The molecule has 3 unspecified atom stereocenters. The molecule has 4 aliphatic rings. The molecule has 0 aromatic heterocycles. The number of nitrogens with two attached hydrogens (primary N) is 1. The van der Waals surface area contributed by atoms with Crippen LogP contribution in [0.5, 0.6) is 0 Å². The van der Waals surface area contributed by atoms with Crippen LogP contribution in [-0.4, -0.2) is 53.2 Å². The van der Waals surface area contributed by atoms with Gasteiger partial charge in [-0.05, 0) is 60.8 Å². The molecular weight excluding hydrogens is 368 g/mol. The van der Waals surface area contributed by atoms with Gasteiger partial charge in [0.1, 0.15) is 6.04 Å². The highest BCUT2D eigenvalue weighted by molar-refractivity contribution is 6.05. The van der Waals surface area contributed by atoms with Gasteiger partial charge in [-0.2, -0.15) is 0 Å². The molecule has 29 heavy (non-hydrogen) atoms. The predicted molar refractivity (Wildman–Crippen MR) is 107 cm³/mol. The topological polar surface area (TPSA) is 95.7 Å². The number of carbonyl (C=O) groups is 3. The number of rotatable bonds is 5. The summed E-state index contributed by atoms with van der Waals surface area (Å²) in [6.07, 6.45) is 4.38. The zero-order valence-corrected chi connectivity index (χ0v) is 16.7. The standard InChI is InChI=1S/C22H28N4O3/c23-8-7-22-6-5-16(22)12-25(13-22)10-14-1-2-15-11-26(21(29)17(15)9-14)18-3-4-19(27)24-20(18)28/h1-2,9,16,18H,3-8,10-13,23H2,(H,24,27,28). The fraction of sp³-hybridized carbons (Fsp3) is 0.591. The Kier molecular flexibility index (Phi) is 4.47. The van der Waals surface area contributed by atoms with E-state index < -0.39 is 6.04 Å². The molecule has 3 atom stereocenters. The van der Waals surface area contributed by atoms with Crippen molar-refractivity contribution in [3.05, 3.63) is 34.9 Å². The SMILES string of the molecule is NCCC12CCC1CN(Cc1ccc3c(c1)C(=O)N(C1CCC(=O)NC1=O)C3)C2. The summed E-state index contributed by atoms with van der Waals surface area (Å²) >= 11 is 0. The first kappa shape index (κ1) is 18.8. The molecule has 1 aromatic rings. The molecule has 0 bridgehead atoms.